The monoisotopic (exact) mass is 260 g/mol. The first-order valence-corrected chi connectivity index (χ1v) is 6.62. The second-order valence-corrected chi connectivity index (χ2v) is 5.41. The van der Waals surface area contributed by atoms with E-state index in [9.17, 15) is 4.79 Å². The van der Waals surface area contributed by atoms with E-state index in [4.69, 9.17) is 9.57 Å². The number of benzene rings is 1. The molecule has 19 heavy (non-hydrogen) atoms. The average molecular weight is 260 g/mol. The van der Waals surface area contributed by atoms with Gasteiger partial charge in [0.15, 0.2) is 12.3 Å². The zero-order chi connectivity index (χ0) is 13.0. The Morgan fingerprint density at radius 1 is 1.26 bits per heavy atom. The maximum absolute atomic E-state index is 12.5. The molecule has 100 valence electrons. The van der Waals surface area contributed by atoms with E-state index in [0.29, 0.717) is 6.61 Å². The Kier molecular flexibility index (Phi) is 2.42. The maximum Gasteiger partial charge on any atom is 0.256 e. The Hall–Kier alpha value is -1.43. The molecule has 4 atom stereocenters. The van der Waals surface area contributed by atoms with E-state index in [2.05, 4.69) is 0 Å². The molecule has 4 rings (SSSR count). The molecular weight excluding hydrogens is 244 g/mol. The summed E-state index contributed by atoms with van der Waals surface area (Å²) >= 11 is 0. The van der Waals surface area contributed by atoms with Gasteiger partial charge in [-0.3, -0.25) is 9.63 Å². The molecule has 1 aromatic carbocycles. The van der Waals surface area contributed by atoms with Crippen molar-refractivity contribution in [3.05, 3.63) is 35.9 Å². The lowest BCUT2D eigenvalue weighted by molar-refractivity contribution is -0.166. The van der Waals surface area contributed by atoms with Gasteiger partial charge in [0.05, 0.1) is 12.6 Å². The molecule has 0 N–H and O–H groups in total. The summed E-state index contributed by atoms with van der Waals surface area (Å²) in [6.07, 6.45) is -0.566. The van der Waals surface area contributed by atoms with Crippen LogP contribution < -0.4 is 0 Å². The molecule has 1 aromatic rings. The van der Waals surface area contributed by atoms with Crippen LogP contribution in [0, 0.1) is 5.92 Å². The van der Waals surface area contributed by atoms with Crippen LogP contribution in [0.25, 0.3) is 0 Å². The van der Waals surface area contributed by atoms with Crippen LogP contribution in [0.1, 0.15) is 11.8 Å². The minimum Gasteiger partial charge on any atom is -0.352 e. The van der Waals surface area contributed by atoms with E-state index < -0.39 is 0 Å². The van der Waals surface area contributed by atoms with Crippen LogP contribution in [0.5, 0.6) is 0 Å². The molecular formula is C14H16N2O3. The van der Waals surface area contributed by atoms with Crippen LogP contribution in [0.4, 0.5) is 0 Å². The topological polar surface area (TPSA) is 42.0 Å². The predicted molar refractivity (Wildman–Crippen MR) is 66.8 cm³/mol. The van der Waals surface area contributed by atoms with Crippen molar-refractivity contribution in [3.8, 4) is 0 Å². The highest BCUT2D eigenvalue weighted by Crippen LogP contribution is 2.43. The number of hydrogen-bond acceptors (Lipinski definition) is 4. The summed E-state index contributed by atoms with van der Waals surface area (Å²) < 4.78 is 5.85. The zero-order valence-electron chi connectivity index (χ0n) is 10.7. The summed E-state index contributed by atoms with van der Waals surface area (Å²) in [4.78, 5) is 20.0. The van der Waals surface area contributed by atoms with Crippen molar-refractivity contribution in [2.24, 2.45) is 5.92 Å². The molecule has 0 aromatic heterocycles. The Bertz CT molecular complexity index is 507. The Morgan fingerprint density at radius 2 is 2.05 bits per heavy atom. The van der Waals surface area contributed by atoms with Gasteiger partial charge in [0, 0.05) is 25.1 Å². The first-order chi connectivity index (χ1) is 9.25. The van der Waals surface area contributed by atoms with Gasteiger partial charge in [-0.2, -0.15) is 5.06 Å². The van der Waals surface area contributed by atoms with Gasteiger partial charge >= 0.3 is 0 Å². The Morgan fingerprint density at radius 3 is 2.84 bits per heavy atom. The average Bonchev–Trinajstić information content (AvgIpc) is 3.06. The molecule has 0 unspecified atom stereocenters. The third-order valence-electron chi connectivity index (χ3n) is 4.26. The lowest BCUT2D eigenvalue weighted by Gasteiger charge is -2.24. The first kappa shape index (κ1) is 11.4. The Labute approximate surface area is 111 Å². The van der Waals surface area contributed by atoms with E-state index in [-0.39, 0.29) is 30.2 Å². The van der Waals surface area contributed by atoms with Crippen LogP contribution in [0.3, 0.4) is 0 Å². The number of carbonyl (C=O) groups excluding carboxylic acids is 1. The SMILES string of the molecule is CN1C[C@@H]2[C@H]3CO[C@H](c4ccccc4)N3C(=O)[C@@H]2O1. The van der Waals surface area contributed by atoms with Crippen molar-refractivity contribution in [2.45, 2.75) is 18.4 Å². The molecule has 0 spiro atoms. The molecule has 5 heteroatoms. The lowest BCUT2D eigenvalue weighted by Crippen LogP contribution is -2.36. The second-order valence-electron chi connectivity index (χ2n) is 5.41. The molecule has 5 nitrogen and oxygen atoms in total. The zero-order valence-corrected chi connectivity index (χ0v) is 10.7. The third-order valence-corrected chi connectivity index (χ3v) is 4.26. The maximum atomic E-state index is 12.5. The summed E-state index contributed by atoms with van der Waals surface area (Å²) in [5.74, 6) is 0.289. The molecule has 0 saturated carbocycles. The Balaban J connectivity index is 1.65. The van der Waals surface area contributed by atoms with Crippen molar-refractivity contribution < 1.29 is 14.4 Å². The molecule has 0 aliphatic carbocycles. The minimum absolute atomic E-state index is 0.0608. The normalized spacial score (nSPS) is 37.7. The largest absolute Gasteiger partial charge is 0.352 e. The molecule has 3 saturated heterocycles. The summed E-state index contributed by atoms with van der Waals surface area (Å²) in [5.41, 5.74) is 1.03. The molecule has 1 amide bonds. The minimum atomic E-state index is -0.315. The number of rotatable bonds is 1. The lowest BCUT2D eigenvalue weighted by atomic mass is 10.00. The quantitative estimate of drug-likeness (QED) is 0.748. The highest BCUT2D eigenvalue weighted by molar-refractivity contribution is 5.85. The smallest absolute Gasteiger partial charge is 0.256 e. The third kappa shape index (κ3) is 1.55. The molecule has 0 bridgehead atoms. The van der Waals surface area contributed by atoms with Gasteiger partial charge in [0.1, 0.15) is 0 Å². The summed E-state index contributed by atoms with van der Waals surface area (Å²) in [7, 11) is 1.88. The summed E-state index contributed by atoms with van der Waals surface area (Å²) in [5, 5.41) is 1.76. The van der Waals surface area contributed by atoms with E-state index in [1.807, 2.05) is 42.3 Å². The standard InChI is InChI=1S/C14H16N2O3/c1-15-7-10-11-8-18-14(9-5-3-2-4-6-9)16(11)13(17)12(10)19-15/h2-6,10-12,14H,7-8H2,1H3/t10-,11-,12-,14-/m1/s1. The van der Waals surface area contributed by atoms with Crippen molar-refractivity contribution in [1.29, 1.82) is 0 Å². The van der Waals surface area contributed by atoms with Gasteiger partial charge < -0.3 is 9.64 Å². The van der Waals surface area contributed by atoms with Gasteiger partial charge in [-0.15, -0.1) is 0 Å². The van der Waals surface area contributed by atoms with E-state index >= 15 is 0 Å². The van der Waals surface area contributed by atoms with Gasteiger partial charge in [-0.05, 0) is 0 Å². The molecule has 3 aliphatic heterocycles. The number of hydroxylamine groups is 2. The van der Waals surface area contributed by atoms with Gasteiger partial charge in [-0.1, -0.05) is 30.3 Å². The predicted octanol–water partition coefficient (Wildman–Crippen LogP) is 0.788. The molecule has 3 heterocycles. The fraction of sp³-hybridized carbons (Fsp3) is 0.500. The van der Waals surface area contributed by atoms with Gasteiger partial charge in [0.2, 0.25) is 0 Å². The molecule has 3 fully saturated rings. The first-order valence-electron chi connectivity index (χ1n) is 6.62. The molecule has 3 aliphatic rings. The highest BCUT2D eigenvalue weighted by atomic mass is 16.7. The number of fused-ring (bicyclic) bond motifs is 3. The van der Waals surface area contributed by atoms with Crippen molar-refractivity contribution in [1.82, 2.24) is 9.96 Å². The van der Waals surface area contributed by atoms with E-state index in [0.717, 1.165) is 12.1 Å². The van der Waals surface area contributed by atoms with Crippen LogP contribution in [-0.4, -0.2) is 48.2 Å². The van der Waals surface area contributed by atoms with Crippen LogP contribution in [-0.2, 0) is 14.4 Å². The van der Waals surface area contributed by atoms with Crippen molar-refractivity contribution in [3.63, 3.8) is 0 Å². The number of hydrogen-bond donors (Lipinski definition) is 0. The van der Waals surface area contributed by atoms with Crippen LogP contribution >= 0.6 is 0 Å². The van der Waals surface area contributed by atoms with Gasteiger partial charge in [0.25, 0.3) is 5.91 Å². The van der Waals surface area contributed by atoms with Crippen molar-refractivity contribution in [2.75, 3.05) is 20.2 Å². The van der Waals surface area contributed by atoms with Crippen molar-refractivity contribution >= 4 is 5.91 Å². The number of nitrogens with zero attached hydrogens (tertiary/aromatic N) is 2. The summed E-state index contributed by atoms with van der Waals surface area (Å²) in [6.45, 7) is 1.39. The van der Waals surface area contributed by atoms with Crippen LogP contribution in [0.2, 0.25) is 0 Å². The second kappa shape index (κ2) is 4.03. The number of ether oxygens (including phenoxy) is 1. The molecule has 0 radical (unpaired) electrons. The van der Waals surface area contributed by atoms with Crippen LogP contribution in [0.15, 0.2) is 30.3 Å². The van der Waals surface area contributed by atoms with E-state index in [1.165, 1.54) is 0 Å². The number of amides is 1. The summed E-state index contributed by atoms with van der Waals surface area (Å²) in [6, 6.07) is 10.1. The fourth-order valence-corrected chi connectivity index (χ4v) is 3.41. The van der Waals surface area contributed by atoms with E-state index in [1.54, 1.807) is 5.06 Å². The highest BCUT2D eigenvalue weighted by Gasteiger charge is 2.58. The fourth-order valence-electron chi connectivity index (χ4n) is 3.41. The van der Waals surface area contributed by atoms with Gasteiger partial charge in [-0.25, -0.2) is 0 Å². The number of carbonyl (C=O) groups is 1.